The summed E-state index contributed by atoms with van der Waals surface area (Å²) in [6, 6.07) is 4.05. The lowest BCUT2D eigenvalue weighted by molar-refractivity contribution is 0.355. The monoisotopic (exact) mass is 263 g/mol. The predicted octanol–water partition coefficient (Wildman–Crippen LogP) is 2.85. The van der Waals surface area contributed by atoms with Crippen molar-refractivity contribution in [3.63, 3.8) is 0 Å². The highest BCUT2D eigenvalue weighted by Gasteiger charge is 2.19. The van der Waals surface area contributed by atoms with Crippen molar-refractivity contribution in [1.82, 2.24) is 9.55 Å². The second kappa shape index (κ2) is 4.99. The Balaban J connectivity index is 2.68. The molecule has 0 radical (unpaired) electrons. The van der Waals surface area contributed by atoms with E-state index in [2.05, 4.69) is 25.8 Å². The van der Waals surface area contributed by atoms with Crippen LogP contribution in [0.2, 0.25) is 0 Å². The van der Waals surface area contributed by atoms with Gasteiger partial charge in [-0.25, -0.2) is 4.98 Å². The summed E-state index contributed by atoms with van der Waals surface area (Å²) in [6.45, 7) is 6.46. The Hall–Kier alpha value is -1.91. The van der Waals surface area contributed by atoms with Crippen LogP contribution in [0.4, 0.5) is 5.95 Å². The summed E-state index contributed by atoms with van der Waals surface area (Å²) in [5.74, 6) is 2.34. The number of ether oxygens (including phenoxy) is 2. The maximum atomic E-state index is 6.05. The van der Waals surface area contributed by atoms with Crippen molar-refractivity contribution >= 4 is 17.0 Å². The van der Waals surface area contributed by atoms with Crippen LogP contribution in [0, 0.1) is 5.92 Å². The molecule has 2 aromatic rings. The minimum Gasteiger partial charge on any atom is -0.493 e. The number of hydrogen-bond donors (Lipinski definition) is 1. The lowest BCUT2D eigenvalue weighted by atomic mass is 10.1. The maximum Gasteiger partial charge on any atom is 0.201 e. The van der Waals surface area contributed by atoms with Gasteiger partial charge in [0.25, 0.3) is 0 Å². The van der Waals surface area contributed by atoms with Crippen LogP contribution >= 0.6 is 0 Å². The second-order valence-corrected chi connectivity index (χ2v) is 5.02. The van der Waals surface area contributed by atoms with Crippen molar-refractivity contribution in [3.05, 3.63) is 12.1 Å². The number of imidazole rings is 1. The number of anilines is 1. The van der Waals surface area contributed by atoms with E-state index in [-0.39, 0.29) is 6.04 Å². The summed E-state index contributed by atoms with van der Waals surface area (Å²) in [5, 5.41) is 0. The lowest BCUT2D eigenvalue weighted by Crippen LogP contribution is -2.13. The van der Waals surface area contributed by atoms with E-state index in [0.29, 0.717) is 23.4 Å². The topological polar surface area (TPSA) is 62.3 Å². The Kier molecular flexibility index (Phi) is 3.55. The molecule has 0 bridgehead atoms. The van der Waals surface area contributed by atoms with Crippen LogP contribution in [0.1, 0.15) is 26.8 Å². The molecular formula is C14H21N3O2. The molecule has 1 unspecified atom stereocenters. The van der Waals surface area contributed by atoms with Gasteiger partial charge in [0, 0.05) is 18.2 Å². The molecule has 1 heterocycles. The molecule has 1 atom stereocenters. The number of nitrogen functional groups attached to an aromatic ring is 1. The fraction of sp³-hybridized carbons (Fsp3) is 0.500. The zero-order valence-electron chi connectivity index (χ0n) is 12.1. The van der Waals surface area contributed by atoms with Gasteiger partial charge in [-0.3, -0.25) is 0 Å². The number of aromatic nitrogens is 2. The first kappa shape index (κ1) is 13.5. The van der Waals surface area contributed by atoms with Gasteiger partial charge < -0.3 is 19.8 Å². The molecule has 0 aliphatic heterocycles. The molecule has 2 N–H and O–H groups in total. The van der Waals surface area contributed by atoms with E-state index in [1.807, 2.05) is 16.7 Å². The molecule has 19 heavy (non-hydrogen) atoms. The maximum absolute atomic E-state index is 6.05. The van der Waals surface area contributed by atoms with Gasteiger partial charge >= 0.3 is 0 Å². The molecular weight excluding hydrogens is 242 g/mol. The van der Waals surface area contributed by atoms with Crippen molar-refractivity contribution < 1.29 is 9.47 Å². The summed E-state index contributed by atoms with van der Waals surface area (Å²) in [7, 11) is 3.24. The molecule has 1 aromatic heterocycles. The number of nitrogens with two attached hydrogens (primary N) is 1. The summed E-state index contributed by atoms with van der Waals surface area (Å²) in [5.41, 5.74) is 7.84. The third kappa shape index (κ3) is 2.20. The first-order valence-corrected chi connectivity index (χ1v) is 6.39. The zero-order chi connectivity index (χ0) is 14.2. The van der Waals surface area contributed by atoms with Crippen molar-refractivity contribution in [2.24, 2.45) is 5.92 Å². The van der Waals surface area contributed by atoms with Crippen LogP contribution in [0.25, 0.3) is 11.0 Å². The highest BCUT2D eigenvalue weighted by atomic mass is 16.5. The van der Waals surface area contributed by atoms with E-state index in [4.69, 9.17) is 15.2 Å². The van der Waals surface area contributed by atoms with E-state index in [1.165, 1.54) is 0 Å². The first-order valence-electron chi connectivity index (χ1n) is 6.39. The Bertz CT molecular complexity index is 590. The Morgan fingerprint density at radius 3 is 2.21 bits per heavy atom. The standard InChI is InChI=1S/C14H21N3O2/c1-8(2)9(3)17-11-7-13(19-5)12(18-4)6-10(11)16-14(17)15/h6-9H,1-5H3,(H2,15,16). The minimum absolute atomic E-state index is 0.267. The molecule has 0 aliphatic carbocycles. The van der Waals surface area contributed by atoms with Gasteiger partial charge in [-0.05, 0) is 12.8 Å². The van der Waals surface area contributed by atoms with Crippen LogP contribution in [0.5, 0.6) is 11.5 Å². The highest BCUT2D eigenvalue weighted by molar-refractivity contribution is 5.82. The molecule has 0 spiro atoms. The Labute approximate surface area is 113 Å². The molecule has 0 saturated heterocycles. The predicted molar refractivity (Wildman–Crippen MR) is 76.8 cm³/mol. The van der Waals surface area contributed by atoms with Crippen molar-refractivity contribution in [1.29, 1.82) is 0 Å². The minimum atomic E-state index is 0.267. The number of nitrogens with zero attached hydrogens (tertiary/aromatic N) is 2. The van der Waals surface area contributed by atoms with E-state index in [9.17, 15) is 0 Å². The Morgan fingerprint density at radius 1 is 1.11 bits per heavy atom. The van der Waals surface area contributed by atoms with Crippen LogP contribution in [-0.2, 0) is 0 Å². The highest BCUT2D eigenvalue weighted by Crippen LogP contribution is 2.35. The van der Waals surface area contributed by atoms with Crippen LogP contribution < -0.4 is 15.2 Å². The molecule has 0 fully saturated rings. The smallest absolute Gasteiger partial charge is 0.201 e. The van der Waals surface area contributed by atoms with E-state index in [0.717, 1.165) is 11.0 Å². The zero-order valence-corrected chi connectivity index (χ0v) is 12.1. The van der Waals surface area contributed by atoms with Crippen molar-refractivity contribution in [2.75, 3.05) is 20.0 Å². The van der Waals surface area contributed by atoms with Crippen molar-refractivity contribution in [2.45, 2.75) is 26.8 Å². The third-order valence-corrected chi connectivity index (χ3v) is 3.59. The van der Waals surface area contributed by atoms with Gasteiger partial charge in [-0.2, -0.15) is 0 Å². The van der Waals surface area contributed by atoms with Gasteiger partial charge in [0.1, 0.15) is 0 Å². The fourth-order valence-electron chi connectivity index (χ4n) is 2.17. The van der Waals surface area contributed by atoms with Crippen molar-refractivity contribution in [3.8, 4) is 11.5 Å². The van der Waals surface area contributed by atoms with E-state index < -0.39 is 0 Å². The fourth-order valence-corrected chi connectivity index (χ4v) is 2.17. The summed E-state index contributed by atoms with van der Waals surface area (Å²) < 4.78 is 12.7. The molecule has 0 aliphatic rings. The molecule has 5 nitrogen and oxygen atoms in total. The molecule has 0 saturated carbocycles. The van der Waals surface area contributed by atoms with Gasteiger partial charge in [-0.15, -0.1) is 0 Å². The summed E-state index contributed by atoms with van der Waals surface area (Å²) >= 11 is 0. The molecule has 5 heteroatoms. The average molecular weight is 263 g/mol. The molecule has 1 aromatic carbocycles. The largest absolute Gasteiger partial charge is 0.493 e. The van der Waals surface area contributed by atoms with Gasteiger partial charge in [0.2, 0.25) is 5.95 Å². The molecule has 2 rings (SSSR count). The average Bonchev–Trinajstić information content (AvgIpc) is 2.70. The van der Waals surface area contributed by atoms with Gasteiger partial charge in [0.05, 0.1) is 25.3 Å². The SMILES string of the molecule is COc1cc2nc(N)n(C(C)C(C)C)c2cc1OC. The Morgan fingerprint density at radius 2 is 1.68 bits per heavy atom. The summed E-state index contributed by atoms with van der Waals surface area (Å²) in [6.07, 6.45) is 0. The van der Waals surface area contributed by atoms with Crippen LogP contribution in [0.3, 0.4) is 0 Å². The number of methoxy groups -OCH3 is 2. The summed E-state index contributed by atoms with van der Waals surface area (Å²) in [4.78, 5) is 4.41. The number of benzene rings is 1. The normalized spacial score (nSPS) is 12.9. The second-order valence-electron chi connectivity index (χ2n) is 5.02. The van der Waals surface area contributed by atoms with Gasteiger partial charge in [0.15, 0.2) is 11.5 Å². The van der Waals surface area contributed by atoms with E-state index in [1.54, 1.807) is 14.2 Å². The lowest BCUT2D eigenvalue weighted by Gasteiger charge is -2.20. The third-order valence-electron chi connectivity index (χ3n) is 3.59. The van der Waals surface area contributed by atoms with Crippen LogP contribution in [-0.4, -0.2) is 23.8 Å². The van der Waals surface area contributed by atoms with Crippen LogP contribution in [0.15, 0.2) is 12.1 Å². The quantitative estimate of drug-likeness (QED) is 0.921. The first-order chi connectivity index (χ1) is 8.99. The number of hydrogen-bond acceptors (Lipinski definition) is 4. The number of fused-ring (bicyclic) bond motifs is 1. The number of rotatable bonds is 4. The molecule has 104 valence electrons. The van der Waals surface area contributed by atoms with E-state index >= 15 is 0 Å². The molecule has 0 amide bonds. The van der Waals surface area contributed by atoms with Gasteiger partial charge in [-0.1, -0.05) is 13.8 Å².